The van der Waals surface area contributed by atoms with Crippen LogP contribution in [0.1, 0.15) is 38.3 Å². The van der Waals surface area contributed by atoms with Crippen molar-refractivity contribution in [2.45, 2.75) is 46.1 Å². The third-order valence-corrected chi connectivity index (χ3v) is 4.21. The van der Waals surface area contributed by atoms with E-state index in [9.17, 15) is 4.79 Å². The Morgan fingerprint density at radius 3 is 2.57 bits per heavy atom. The number of nitrogens with one attached hydrogen (secondary N) is 2. The third kappa shape index (κ3) is 5.16. The average molecular weight is 288 g/mol. The molecule has 1 fully saturated rings. The molecule has 2 N–H and O–H groups in total. The van der Waals surface area contributed by atoms with E-state index in [-0.39, 0.29) is 11.9 Å². The summed E-state index contributed by atoms with van der Waals surface area (Å²) in [7, 11) is 0. The van der Waals surface area contributed by atoms with Gasteiger partial charge in [-0.05, 0) is 42.3 Å². The van der Waals surface area contributed by atoms with Crippen LogP contribution in [-0.2, 0) is 17.6 Å². The van der Waals surface area contributed by atoms with Gasteiger partial charge in [0.25, 0.3) is 0 Å². The van der Waals surface area contributed by atoms with Crippen LogP contribution in [0.5, 0.6) is 0 Å². The van der Waals surface area contributed by atoms with Gasteiger partial charge in [-0.15, -0.1) is 0 Å². The van der Waals surface area contributed by atoms with Crippen LogP contribution in [0.2, 0.25) is 0 Å². The average Bonchev–Trinajstić information content (AvgIpc) is 2.43. The first kappa shape index (κ1) is 16.0. The smallest absolute Gasteiger partial charge is 0.224 e. The zero-order chi connectivity index (χ0) is 15.2. The molecule has 116 valence electrons. The van der Waals surface area contributed by atoms with Crippen molar-refractivity contribution in [3.05, 3.63) is 35.4 Å². The monoisotopic (exact) mass is 288 g/mol. The molecule has 2 atom stereocenters. The van der Waals surface area contributed by atoms with E-state index in [2.05, 4.69) is 55.7 Å². The molecule has 1 saturated heterocycles. The lowest BCUT2D eigenvalue weighted by molar-refractivity contribution is -0.121. The van der Waals surface area contributed by atoms with Crippen molar-refractivity contribution >= 4 is 5.91 Å². The quantitative estimate of drug-likeness (QED) is 0.874. The lowest BCUT2D eigenvalue weighted by Crippen LogP contribution is -2.50. The topological polar surface area (TPSA) is 41.1 Å². The van der Waals surface area contributed by atoms with E-state index < -0.39 is 0 Å². The minimum atomic E-state index is 0.132. The molecule has 0 bridgehead atoms. The third-order valence-electron chi connectivity index (χ3n) is 4.21. The van der Waals surface area contributed by atoms with Gasteiger partial charge >= 0.3 is 0 Å². The number of hydrogen-bond donors (Lipinski definition) is 2. The minimum Gasteiger partial charge on any atom is -0.352 e. The Morgan fingerprint density at radius 1 is 1.29 bits per heavy atom. The Kier molecular flexibility index (Phi) is 5.80. The Balaban J connectivity index is 1.84. The second-order valence-corrected chi connectivity index (χ2v) is 6.74. The van der Waals surface area contributed by atoms with E-state index in [0.29, 0.717) is 18.3 Å². The van der Waals surface area contributed by atoms with Crippen LogP contribution in [0, 0.1) is 11.8 Å². The predicted molar refractivity (Wildman–Crippen MR) is 87.3 cm³/mol. The van der Waals surface area contributed by atoms with Gasteiger partial charge in [0.05, 0.1) is 6.42 Å². The first-order chi connectivity index (χ1) is 10.0. The standard InChI is InChI=1S/C18H28N2O/c1-13(2)10-15-4-6-16(7-5-15)11-18(21)20-17-12-19-9-8-14(17)3/h4-7,13-14,17,19H,8-12H2,1-3H3,(H,20,21). The maximum Gasteiger partial charge on any atom is 0.224 e. The van der Waals surface area contributed by atoms with Crippen molar-refractivity contribution in [2.24, 2.45) is 11.8 Å². The van der Waals surface area contributed by atoms with Crippen LogP contribution >= 0.6 is 0 Å². The molecule has 0 radical (unpaired) electrons. The van der Waals surface area contributed by atoms with Gasteiger partial charge in [-0.3, -0.25) is 4.79 Å². The Bertz CT molecular complexity index is 453. The minimum absolute atomic E-state index is 0.132. The van der Waals surface area contributed by atoms with Crippen molar-refractivity contribution in [3.63, 3.8) is 0 Å². The van der Waals surface area contributed by atoms with E-state index in [4.69, 9.17) is 0 Å². The predicted octanol–water partition coefficient (Wildman–Crippen LogP) is 2.54. The highest BCUT2D eigenvalue weighted by Crippen LogP contribution is 2.13. The highest BCUT2D eigenvalue weighted by molar-refractivity contribution is 5.78. The van der Waals surface area contributed by atoms with Crippen LogP contribution in [0.25, 0.3) is 0 Å². The molecule has 0 aromatic heterocycles. The second-order valence-electron chi connectivity index (χ2n) is 6.74. The summed E-state index contributed by atoms with van der Waals surface area (Å²) < 4.78 is 0. The molecule has 3 heteroatoms. The highest BCUT2D eigenvalue weighted by Gasteiger charge is 2.22. The van der Waals surface area contributed by atoms with Crippen molar-refractivity contribution in [2.75, 3.05) is 13.1 Å². The summed E-state index contributed by atoms with van der Waals surface area (Å²) in [5.41, 5.74) is 2.44. The van der Waals surface area contributed by atoms with Gasteiger partial charge in [-0.25, -0.2) is 0 Å². The Labute approximate surface area is 128 Å². The molecular weight excluding hydrogens is 260 g/mol. The fraction of sp³-hybridized carbons (Fsp3) is 0.611. The van der Waals surface area contributed by atoms with Gasteiger partial charge in [-0.2, -0.15) is 0 Å². The molecule has 0 aliphatic carbocycles. The Hall–Kier alpha value is -1.35. The van der Waals surface area contributed by atoms with E-state index in [1.54, 1.807) is 0 Å². The van der Waals surface area contributed by atoms with Crippen molar-refractivity contribution in [1.29, 1.82) is 0 Å². The molecule has 1 aliphatic rings. The van der Waals surface area contributed by atoms with Crippen LogP contribution in [-0.4, -0.2) is 25.0 Å². The van der Waals surface area contributed by atoms with Crippen LogP contribution in [0.15, 0.2) is 24.3 Å². The van der Waals surface area contributed by atoms with E-state index in [1.165, 1.54) is 5.56 Å². The maximum absolute atomic E-state index is 12.2. The summed E-state index contributed by atoms with van der Waals surface area (Å²) in [6.45, 7) is 8.61. The molecule has 1 amide bonds. The van der Waals surface area contributed by atoms with Crippen molar-refractivity contribution in [3.8, 4) is 0 Å². The van der Waals surface area contributed by atoms with Crippen LogP contribution < -0.4 is 10.6 Å². The number of benzene rings is 1. The largest absolute Gasteiger partial charge is 0.352 e. The summed E-state index contributed by atoms with van der Waals surface area (Å²) in [6.07, 6.45) is 2.71. The van der Waals surface area contributed by atoms with Gasteiger partial charge in [0.1, 0.15) is 0 Å². The molecule has 2 rings (SSSR count). The molecule has 2 unspecified atom stereocenters. The van der Waals surface area contributed by atoms with Gasteiger partial charge < -0.3 is 10.6 Å². The van der Waals surface area contributed by atoms with Gasteiger partial charge in [0, 0.05) is 12.6 Å². The zero-order valence-corrected chi connectivity index (χ0v) is 13.5. The molecule has 1 heterocycles. The summed E-state index contributed by atoms with van der Waals surface area (Å²) in [5.74, 6) is 1.36. The van der Waals surface area contributed by atoms with Crippen LogP contribution in [0.4, 0.5) is 0 Å². The van der Waals surface area contributed by atoms with Gasteiger partial charge in [-0.1, -0.05) is 45.0 Å². The summed E-state index contributed by atoms with van der Waals surface area (Å²) in [5, 5.41) is 6.51. The van der Waals surface area contributed by atoms with Crippen LogP contribution in [0.3, 0.4) is 0 Å². The number of carbonyl (C=O) groups excluding carboxylic acids is 1. The normalized spacial score (nSPS) is 22.3. The number of carbonyl (C=O) groups is 1. The molecule has 0 spiro atoms. The van der Waals surface area contributed by atoms with Crippen molar-refractivity contribution < 1.29 is 4.79 Å². The Morgan fingerprint density at radius 2 is 1.95 bits per heavy atom. The number of amides is 1. The molecule has 21 heavy (non-hydrogen) atoms. The number of hydrogen-bond acceptors (Lipinski definition) is 2. The summed E-state index contributed by atoms with van der Waals surface area (Å²) >= 11 is 0. The first-order valence-electron chi connectivity index (χ1n) is 8.12. The molecule has 1 aromatic rings. The summed E-state index contributed by atoms with van der Waals surface area (Å²) in [6, 6.07) is 8.73. The van der Waals surface area contributed by atoms with Gasteiger partial charge in [0.15, 0.2) is 0 Å². The highest BCUT2D eigenvalue weighted by atomic mass is 16.1. The first-order valence-corrected chi connectivity index (χ1v) is 8.12. The molecular formula is C18H28N2O. The molecule has 1 aromatic carbocycles. The molecule has 0 saturated carbocycles. The van der Waals surface area contributed by atoms with Crippen molar-refractivity contribution in [1.82, 2.24) is 10.6 Å². The zero-order valence-electron chi connectivity index (χ0n) is 13.5. The molecule has 3 nitrogen and oxygen atoms in total. The SMILES string of the molecule is CC(C)Cc1ccc(CC(=O)NC2CNCCC2C)cc1. The van der Waals surface area contributed by atoms with Gasteiger partial charge in [0.2, 0.25) is 5.91 Å². The fourth-order valence-electron chi connectivity index (χ4n) is 2.89. The number of rotatable bonds is 5. The lowest BCUT2D eigenvalue weighted by atomic mass is 9.94. The van der Waals surface area contributed by atoms with E-state index in [0.717, 1.165) is 31.5 Å². The molecule has 1 aliphatic heterocycles. The summed E-state index contributed by atoms with van der Waals surface area (Å²) in [4.78, 5) is 12.2. The fourth-order valence-corrected chi connectivity index (χ4v) is 2.89. The number of piperidine rings is 1. The second kappa shape index (κ2) is 7.60. The lowest BCUT2D eigenvalue weighted by Gasteiger charge is -2.30. The van der Waals surface area contributed by atoms with E-state index in [1.807, 2.05) is 0 Å². The maximum atomic E-state index is 12.2. The van der Waals surface area contributed by atoms with E-state index >= 15 is 0 Å².